The Morgan fingerprint density at radius 2 is 2.07 bits per heavy atom. The molecule has 9 nitrogen and oxygen atoms in total. The van der Waals surface area contributed by atoms with E-state index in [1.165, 1.54) is 18.7 Å². The average molecular weight is 441 g/mol. The average Bonchev–Trinajstić information content (AvgIpc) is 3.40. The van der Waals surface area contributed by atoms with Crippen LogP contribution in [0.5, 0.6) is 0 Å². The Labute approximate surface area is 181 Å². The Morgan fingerprint density at radius 3 is 2.57 bits per heavy atom. The molecule has 0 aromatic rings. The number of hydrogen-bond acceptors (Lipinski definition) is 8. The van der Waals surface area contributed by atoms with Gasteiger partial charge in [-0.2, -0.15) is 0 Å². The van der Waals surface area contributed by atoms with Gasteiger partial charge in [0, 0.05) is 6.04 Å². The van der Waals surface area contributed by atoms with Crippen molar-refractivity contribution in [3.05, 3.63) is 10.8 Å². The zero-order valence-corrected chi connectivity index (χ0v) is 18.5. The molecule has 2 aliphatic carbocycles. The highest BCUT2D eigenvalue weighted by Crippen LogP contribution is 2.45. The summed E-state index contributed by atoms with van der Waals surface area (Å²) in [5.74, 6) is 0.477. The summed E-state index contributed by atoms with van der Waals surface area (Å²) in [5.41, 5.74) is 5.50. The van der Waals surface area contributed by atoms with Gasteiger partial charge in [0.25, 0.3) is 5.91 Å². The minimum absolute atomic E-state index is 0.0134. The summed E-state index contributed by atoms with van der Waals surface area (Å²) in [6.07, 6.45) is 4.16. The number of thioether (sulfide) groups is 1. The van der Waals surface area contributed by atoms with Gasteiger partial charge in [-0.15, -0.1) is 0 Å². The molecular weight excluding hydrogens is 408 g/mol. The molecule has 0 aromatic heterocycles. The summed E-state index contributed by atoms with van der Waals surface area (Å²) in [6, 6.07) is -1.10. The van der Waals surface area contributed by atoms with Crippen molar-refractivity contribution in [2.45, 2.75) is 75.6 Å². The van der Waals surface area contributed by atoms with Gasteiger partial charge in [0.2, 0.25) is 18.2 Å². The SMILES string of the molecule is CNC(C(=O)N(C=O)[C@@H](C)CC1CC(OC2=C(C(N)=O)SC(C3CC3)N2)C1)C(C)O. The van der Waals surface area contributed by atoms with E-state index in [0.717, 1.165) is 30.6 Å². The maximum atomic E-state index is 12.5. The molecule has 3 amide bonds. The number of nitrogens with two attached hydrogens (primary N) is 1. The number of likely N-dealkylation sites (N-methyl/N-ethyl adjacent to an activating group) is 1. The molecule has 30 heavy (non-hydrogen) atoms. The van der Waals surface area contributed by atoms with Crippen LogP contribution in [0.4, 0.5) is 0 Å². The third kappa shape index (κ3) is 5.09. The minimum atomic E-state index is -0.900. The molecule has 0 spiro atoms. The number of carbonyl (C=O) groups is 3. The molecule has 1 aliphatic heterocycles. The van der Waals surface area contributed by atoms with E-state index in [2.05, 4.69) is 10.6 Å². The van der Waals surface area contributed by atoms with E-state index in [1.54, 1.807) is 7.05 Å². The molecule has 3 aliphatic rings. The monoisotopic (exact) mass is 440 g/mol. The van der Waals surface area contributed by atoms with Crippen molar-refractivity contribution in [3.8, 4) is 0 Å². The summed E-state index contributed by atoms with van der Waals surface area (Å²) in [5, 5.41) is 16.0. The second-order valence-electron chi connectivity index (χ2n) is 8.56. The van der Waals surface area contributed by atoms with Crippen LogP contribution in [0.15, 0.2) is 10.8 Å². The number of rotatable bonds is 11. The summed E-state index contributed by atoms with van der Waals surface area (Å²) in [6.45, 7) is 3.34. The lowest BCUT2D eigenvalue weighted by molar-refractivity contribution is -0.144. The molecule has 0 bridgehead atoms. The predicted octanol–water partition coefficient (Wildman–Crippen LogP) is 0.241. The number of amides is 3. The summed E-state index contributed by atoms with van der Waals surface area (Å²) in [7, 11) is 1.58. The maximum absolute atomic E-state index is 12.5. The van der Waals surface area contributed by atoms with Crippen molar-refractivity contribution < 1.29 is 24.2 Å². The van der Waals surface area contributed by atoms with Crippen molar-refractivity contribution in [3.63, 3.8) is 0 Å². The Bertz CT molecular complexity index is 705. The lowest BCUT2D eigenvalue weighted by Gasteiger charge is -2.39. The molecular formula is C20H32N4O5S. The van der Waals surface area contributed by atoms with Crippen LogP contribution < -0.4 is 16.4 Å². The van der Waals surface area contributed by atoms with Gasteiger partial charge in [-0.25, -0.2) is 0 Å². The summed E-state index contributed by atoms with van der Waals surface area (Å²) < 4.78 is 6.02. The fourth-order valence-electron chi connectivity index (χ4n) is 4.11. The first kappa shape index (κ1) is 22.9. The normalized spacial score (nSPS) is 28.7. The first-order valence-corrected chi connectivity index (χ1v) is 11.4. The topological polar surface area (TPSA) is 134 Å². The number of nitrogens with zero attached hydrogens (tertiary/aromatic N) is 1. The largest absolute Gasteiger partial charge is 0.475 e. The van der Waals surface area contributed by atoms with E-state index in [1.807, 2.05) is 6.92 Å². The zero-order chi connectivity index (χ0) is 22.0. The number of carbonyl (C=O) groups excluding carboxylic acids is 3. The van der Waals surface area contributed by atoms with Gasteiger partial charge < -0.3 is 26.2 Å². The van der Waals surface area contributed by atoms with E-state index in [0.29, 0.717) is 35.5 Å². The fourth-order valence-corrected chi connectivity index (χ4v) is 5.32. The second kappa shape index (κ2) is 9.57. The highest BCUT2D eigenvalue weighted by molar-refractivity contribution is 8.04. The molecule has 3 unspecified atom stereocenters. The van der Waals surface area contributed by atoms with E-state index in [-0.39, 0.29) is 17.5 Å². The molecule has 2 fully saturated rings. The predicted molar refractivity (Wildman–Crippen MR) is 113 cm³/mol. The Morgan fingerprint density at radius 1 is 1.40 bits per heavy atom. The van der Waals surface area contributed by atoms with Crippen LogP contribution in [0, 0.1) is 11.8 Å². The number of hydrogen-bond donors (Lipinski definition) is 4. The highest BCUT2D eigenvalue weighted by atomic mass is 32.2. The van der Waals surface area contributed by atoms with E-state index >= 15 is 0 Å². The number of aliphatic hydroxyl groups is 1. The second-order valence-corrected chi connectivity index (χ2v) is 9.71. The van der Waals surface area contributed by atoms with Gasteiger partial charge >= 0.3 is 0 Å². The third-order valence-corrected chi connectivity index (χ3v) is 7.43. The van der Waals surface area contributed by atoms with Crippen LogP contribution in [0.1, 0.15) is 46.0 Å². The number of ether oxygens (including phenoxy) is 1. The van der Waals surface area contributed by atoms with Gasteiger partial charge in [0.1, 0.15) is 17.1 Å². The number of nitrogens with one attached hydrogen (secondary N) is 2. The number of primary amides is 1. The quantitative estimate of drug-likeness (QED) is 0.336. The number of aliphatic hydroxyl groups excluding tert-OH is 1. The van der Waals surface area contributed by atoms with Gasteiger partial charge in [0.15, 0.2) is 0 Å². The third-order valence-electron chi connectivity index (χ3n) is 6.05. The molecule has 0 saturated heterocycles. The van der Waals surface area contributed by atoms with Crippen LogP contribution in [0.3, 0.4) is 0 Å². The molecule has 0 radical (unpaired) electrons. The smallest absolute Gasteiger partial charge is 0.260 e. The van der Waals surface area contributed by atoms with Crippen molar-refractivity contribution in [1.29, 1.82) is 0 Å². The lowest BCUT2D eigenvalue weighted by Crippen LogP contribution is -2.53. The van der Waals surface area contributed by atoms with Crippen molar-refractivity contribution >= 4 is 30.0 Å². The van der Waals surface area contributed by atoms with E-state index in [4.69, 9.17) is 10.5 Å². The Kier molecular flexibility index (Phi) is 7.30. The fraction of sp³-hybridized carbons (Fsp3) is 0.750. The molecule has 0 aromatic carbocycles. The zero-order valence-electron chi connectivity index (χ0n) is 17.7. The molecule has 168 valence electrons. The summed E-state index contributed by atoms with van der Waals surface area (Å²) in [4.78, 5) is 37.4. The summed E-state index contributed by atoms with van der Waals surface area (Å²) >= 11 is 1.46. The molecule has 5 N–H and O–H groups in total. The minimum Gasteiger partial charge on any atom is -0.475 e. The van der Waals surface area contributed by atoms with E-state index < -0.39 is 24.0 Å². The van der Waals surface area contributed by atoms with Gasteiger partial charge in [-0.1, -0.05) is 11.8 Å². The lowest BCUT2D eigenvalue weighted by atomic mass is 9.78. The van der Waals surface area contributed by atoms with Crippen molar-refractivity contribution in [2.75, 3.05) is 7.05 Å². The van der Waals surface area contributed by atoms with Crippen LogP contribution in [-0.4, -0.2) is 64.9 Å². The molecule has 4 atom stereocenters. The van der Waals surface area contributed by atoms with Crippen LogP contribution in [0.25, 0.3) is 0 Å². The first-order chi connectivity index (χ1) is 14.2. The van der Waals surface area contributed by atoms with Crippen molar-refractivity contribution in [1.82, 2.24) is 15.5 Å². The van der Waals surface area contributed by atoms with Crippen LogP contribution in [-0.2, 0) is 19.1 Å². The van der Waals surface area contributed by atoms with Crippen LogP contribution in [0.2, 0.25) is 0 Å². The standard InChI is InChI=1S/C20H32N4O5S/c1-10(24(9-25)20(28)15(22-3)11(2)26)6-12-7-14(8-12)29-18-16(17(21)27)30-19(23-18)13-4-5-13/h9-15,19,22-23,26H,4-8H2,1-3H3,(H2,21,27)/t10-,11?,12?,14?,15?,19?/m0/s1. The van der Waals surface area contributed by atoms with E-state index in [9.17, 15) is 19.5 Å². The number of imide groups is 1. The first-order valence-electron chi connectivity index (χ1n) is 10.5. The van der Waals surface area contributed by atoms with Crippen LogP contribution >= 0.6 is 11.8 Å². The van der Waals surface area contributed by atoms with Crippen molar-refractivity contribution in [2.24, 2.45) is 17.6 Å². The van der Waals surface area contributed by atoms with Gasteiger partial charge in [-0.05, 0) is 64.8 Å². The Hall–Kier alpha value is -1.78. The molecule has 3 rings (SSSR count). The molecule has 1 heterocycles. The maximum Gasteiger partial charge on any atom is 0.260 e. The van der Waals surface area contributed by atoms with Gasteiger partial charge in [-0.3, -0.25) is 19.3 Å². The van der Waals surface area contributed by atoms with Gasteiger partial charge in [0.05, 0.1) is 11.5 Å². The molecule has 2 saturated carbocycles. The highest BCUT2D eigenvalue weighted by Gasteiger charge is 2.42. The Balaban J connectivity index is 1.49. The molecule has 10 heteroatoms.